The van der Waals surface area contributed by atoms with Gasteiger partial charge in [-0.15, -0.1) is 11.3 Å². The van der Waals surface area contributed by atoms with E-state index >= 15 is 0 Å². The fraction of sp³-hybridized carbons (Fsp3) is 0.500. The highest BCUT2D eigenvalue weighted by Gasteiger charge is 2.16. The van der Waals surface area contributed by atoms with Gasteiger partial charge >= 0.3 is 0 Å². The van der Waals surface area contributed by atoms with Crippen LogP contribution >= 0.6 is 33.9 Å². The minimum Gasteiger partial charge on any atom is -0.313 e. The standard InChI is InChI=1S/C12H17IN4S/c1-8(2)17-12(15-7-16-17)5-10(14-3)9-4-11(13)18-6-9/h4,6-8,10,14H,5H2,1-3H3. The van der Waals surface area contributed by atoms with E-state index in [0.717, 1.165) is 12.2 Å². The molecule has 1 N–H and O–H groups in total. The van der Waals surface area contributed by atoms with Crippen LogP contribution in [0.5, 0.6) is 0 Å². The van der Waals surface area contributed by atoms with Gasteiger partial charge in [0.05, 0.1) is 2.88 Å². The zero-order chi connectivity index (χ0) is 13.1. The number of hydrogen-bond acceptors (Lipinski definition) is 4. The van der Waals surface area contributed by atoms with Crippen molar-refractivity contribution in [1.29, 1.82) is 0 Å². The largest absolute Gasteiger partial charge is 0.313 e. The van der Waals surface area contributed by atoms with Crippen molar-refractivity contribution in [3.8, 4) is 0 Å². The lowest BCUT2D eigenvalue weighted by atomic mass is 10.1. The Morgan fingerprint density at radius 3 is 2.83 bits per heavy atom. The van der Waals surface area contributed by atoms with Crippen LogP contribution in [-0.4, -0.2) is 21.8 Å². The van der Waals surface area contributed by atoms with Gasteiger partial charge in [-0.05, 0) is 60.5 Å². The molecule has 0 aromatic carbocycles. The minimum absolute atomic E-state index is 0.298. The normalized spacial score (nSPS) is 13.2. The summed E-state index contributed by atoms with van der Waals surface area (Å²) < 4.78 is 3.30. The van der Waals surface area contributed by atoms with Crippen molar-refractivity contribution in [2.45, 2.75) is 32.4 Å². The molecular formula is C12H17IN4S. The molecule has 0 bridgehead atoms. The number of thiophene rings is 1. The number of nitrogens with one attached hydrogen (secondary N) is 1. The molecule has 0 aliphatic heterocycles. The maximum absolute atomic E-state index is 4.37. The molecule has 0 aliphatic rings. The highest BCUT2D eigenvalue weighted by molar-refractivity contribution is 14.1. The molecule has 0 spiro atoms. The summed E-state index contributed by atoms with van der Waals surface area (Å²) in [6.45, 7) is 4.25. The molecule has 1 atom stereocenters. The van der Waals surface area contributed by atoms with Crippen molar-refractivity contribution >= 4 is 33.9 Å². The zero-order valence-corrected chi connectivity index (χ0v) is 13.7. The van der Waals surface area contributed by atoms with Crippen LogP contribution in [0.4, 0.5) is 0 Å². The number of hydrogen-bond donors (Lipinski definition) is 1. The predicted molar refractivity (Wildman–Crippen MR) is 82.9 cm³/mol. The number of nitrogens with zero attached hydrogens (tertiary/aromatic N) is 3. The number of likely N-dealkylation sites (N-methyl/N-ethyl adjacent to an activating group) is 1. The third-order valence-electron chi connectivity index (χ3n) is 2.86. The molecule has 0 radical (unpaired) electrons. The van der Waals surface area contributed by atoms with E-state index in [1.54, 1.807) is 17.7 Å². The molecule has 0 saturated carbocycles. The van der Waals surface area contributed by atoms with Crippen molar-refractivity contribution in [2.24, 2.45) is 0 Å². The smallest absolute Gasteiger partial charge is 0.138 e. The lowest BCUT2D eigenvalue weighted by molar-refractivity contribution is 0.478. The average molecular weight is 376 g/mol. The van der Waals surface area contributed by atoms with Crippen molar-refractivity contribution in [3.63, 3.8) is 0 Å². The van der Waals surface area contributed by atoms with Crippen LogP contribution in [0.1, 0.15) is 37.3 Å². The molecule has 98 valence electrons. The summed E-state index contributed by atoms with van der Waals surface area (Å²) in [6.07, 6.45) is 2.50. The molecule has 0 aliphatic carbocycles. The maximum Gasteiger partial charge on any atom is 0.138 e. The van der Waals surface area contributed by atoms with Crippen LogP contribution in [0.25, 0.3) is 0 Å². The zero-order valence-electron chi connectivity index (χ0n) is 10.7. The molecule has 0 fully saturated rings. The highest BCUT2D eigenvalue weighted by atomic mass is 127. The fourth-order valence-corrected chi connectivity index (χ4v) is 3.35. The van der Waals surface area contributed by atoms with Crippen molar-refractivity contribution in [3.05, 3.63) is 32.0 Å². The Hall–Kier alpha value is -0.470. The molecular weight excluding hydrogens is 359 g/mol. The van der Waals surface area contributed by atoms with Crippen LogP contribution in [0, 0.1) is 2.88 Å². The van der Waals surface area contributed by atoms with Gasteiger partial charge in [0.1, 0.15) is 12.2 Å². The second kappa shape index (κ2) is 6.12. The topological polar surface area (TPSA) is 42.7 Å². The molecule has 6 heteroatoms. The first kappa shape index (κ1) is 14.0. The Labute approximate surface area is 125 Å². The van der Waals surface area contributed by atoms with Crippen LogP contribution in [0.2, 0.25) is 0 Å². The molecule has 2 aromatic heterocycles. The number of aromatic nitrogens is 3. The van der Waals surface area contributed by atoms with E-state index in [1.165, 1.54) is 8.45 Å². The van der Waals surface area contributed by atoms with Gasteiger partial charge in [0.2, 0.25) is 0 Å². The molecule has 4 nitrogen and oxygen atoms in total. The Bertz CT molecular complexity index is 506. The van der Waals surface area contributed by atoms with Crippen molar-refractivity contribution in [2.75, 3.05) is 7.05 Å². The maximum atomic E-state index is 4.37. The van der Waals surface area contributed by atoms with Gasteiger partial charge < -0.3 is 5.32 Å². The first-order chi connectivity index (χ1) is 8.61. The van der Waals surface area contributed by atoms with Gasteiger partial charge in [0, 0.05) is 18.5 Å². The van der Waals surface area contributed by atoms with E-state index in [4.69, 9.17) is 0 Å². The number of halogens is 1. The monoisotopic (exact) mass is 376 g/mol. The molecule has 0 amide bonds. The van der Waals surface area contributed by atoms with Gasteiger partial charge in [-0.3, -0.25) is 0 Å². The third-order valence-corrected chi connectivity index (χ3v) is 4.67. The van der Waals surface area contributed by atoms with E-state index in [2.05, 4.69) is 63.3 Å². The second-order valence-electron chi connectivity index (χ2n) is 4.44. The van der Waals surface area contributed by atoms with Crippen LogP contribution < -0.4 is 5.32 Å². The van der Waals surface area contributed by atoms with E-state index in [9.17, 15) is 0 Å². The van der Waals surface area contributed by atoms with E-state index in [1.807, 2.05) is 11.7 Å². The Morgan fingerprint density at radius 1 is 1.50 bits per heavy atom. The first-order valence-corrected chi connectivity index (χ1v) is 7.87. The van der Waals surface area contributed by atoms with Gasteiger partial charge in [0.15, 0.2) is 0 Å². The molecule has 1 unspecified atom stereocenters. The third kappa shape index (κ3) is 3.10. The summed E-state index contributed by atoms with van der Waals surface area (Å²) in [6, 6.07) is 2.87. The van der Waals surface area contributed by atoms with Gasteiger partial charge in [0.25, 0.3) is 0 Å². The minimum atomic E-state index is 0.298. The summed E-state index contributed by atoms with van der Waals surface area (Å²) in [5.74, 6) is 1.03. The van der Waals surface area contributed by atoms with E-state index < -0.39 is 0 Å². The summed E-state index contributed by atoms with van der Waals surface area (Å²) in [5, 5.41) is 9.85. The van der Waals surface area contributed by atoms with Crippen LogP contribution in [0.3, 0.4) is 0 Å². The molecule has 0 saturated heterocycles. The van der Waals surface area contributed by atoms with Crippen molar-refractivity contribution in [1.82, 2.24) is 20.1 Å². The lowest BCUT2D eigenvalue weighted by Crippen LogP contribution is -2.21. The summed E-state index contributed by atoms with van der Waals surface area (Å²) >= 11 is 4.13. The summed E-state index contributed by atoms with van der Waals surface area (Å²) in [5.41, 5.74) is 1.32. The van der Waals surface area contributed by atoms with Crippen molar-refractivity contribution < 1.29 is 0 Å². The highest BCUT2D eigenvalue weighted by Crippen LogP contribution is 2.24. The lowest BCUT2D eigenvalue weighted by Gasteiger charge is -2.16. The first-order valence-electron chi connectivity index (χ1n) is 5.91. The Morgan fingerprint density at radius 2 is 2.28 bits per heavy atom. The van der Waals surface area contributed by atoms with Crippen LogP contribution in [0.15, 0.2) is 17.8 Å². The quantitative estimate of drug-likeness (QED) is 0.816. The summed E-state index contributed by atoms with van der Waals surface area (Å²) in [4.78, 5) is 4.37. The average Bonchev–Trinajstić information content (AvgIpc) is 2.94. The number of rotatable bonds is 5. The van der Waals surface area contributed by atoms with E-state index in [0.29, 0.717) is 12.1 Å². The summed E-state index contributed by atoms with van der Waals surface area (Å²) in [7, 11) is 1.99. The molecule has 2 rings (SSSR count). The molecule has 18 heavy (non-hydrogen) atoms. The fourth-order valence-electron chi connectivity index (χ4n) is 1.93. The Balaban J connectivity index is 2.18. The second-order valence-corrected chi connectivity index (χ2v) is 7.25. The Kier molecular flexibility index (Phi) is 4.74. The van der Waals surface area contributed by atoms with Gasteiger partial charge in [-0.2, -0.15) is 5.10 Å². The van der Waals surface area contributed by atoms with Gasteiger partial charge in [-0.1, -0.05) is 0 Å². The molecule has 2 aromatic rings. The SMILES string of the molecule is CNC(Cc1ncnn1C(C)C)c1csc(I)c1. The van der Waals surface area contributed by atoms with Gasteiger partial charge in [-0.25, -0.2) is 9.67 Å². The van der Waals surface area contributed by atoms with Crippen LogP contribution in [-0.2, 0) is 6.42 Å². The van der Waals surface area contributed by atoms with E-state index in [-0.39, 0.29) is 0 Å². The predicted octanol–water partition coefficient (Wildman–Crippen LogP) is 3.03. The molecule has 2 heterocycles.